The van der Waals surface area contributed by atoms with Gasteiger partial charge in [0, 0.05) is 19.3 Å². The number of aliphatic hydroxyl groups excluding tert-OH is 1. The van der Waals surface area contributed by atoms with E-state index in [-0.39, 0.29) is 19.1 Å². The van der Waals surface area contributed by atoms with Crippen molar-refractivity contribution in [3.05, 3.63) is 18.0 Å². The maximum absolute atomic E-state index is 11.8. The largest absolute Gasteiger partial charge is 0.397 e. The van der Waals surface area contributed by atoms with Crippen LogP contribution in [0, 0.1) is 0 Å². The van der Waals surface area contributed by atoms with Crippen LogP contribution in [0.5, 0.6) is 0 Å². The molecule has 1 rings (SSSR count). The molecule has 0 spiro atoms. The van der Waals surface area contributed by atoms with Crippen LogP contribution >= 0.6 is 0 Å². The number of nitrogens with two attached hydrogens (primary N) is 1. The zero-order valence-corrected chi connectivity index (χ0v) is 9.98. The number of nitrogen functional groups attached to an aromatic ring is 1. The number of aryl methyl sites for hydroxylation is 1. The number of rotatable bonds is 7. The first kappa shape index (κ1) is 13.5. The van der Waals surface area contributed by atoms with E-state index in [2.05, 4.69) is 5.32 Å². The van der Waals surface area contributed by atoms with Gasteiger partial charge in [0.25, 0.3) is 5.91 Å². The minimum absolute atomic E-state index is 0.0107. The zero-order chi connectivity index (χ0) is 12.7. The standard InChI is InChI=1S/C11H19N3O3/c1-2-14-8-9(12)7-10(14)11(16)13-3-5-17-6-4-15/h7-8,15H,2-6,12H2,1H3,(H,13,16). The lowest BCUT2D eigenvalue weighted by atomic mass is 10.4. The molecular weight excluding hydrogens is 222 g/mol. The molecule has 1 aromatic rings. The lowest BCUT2D eigenvalue weighted by Gasteiger charge is -2.07. The summed E-state index contributed by atoms with van der Waals surface area (Å²) in [6.07, 6.45) is 1.73. The summed E-state index contributed by atoms with van der Waals surface area (Å²) < 4.78 is 6.83. The molecule has 0 aromatic carbocycles. The molecule has 1 amide bonds. The Hall–Kier alpha value is -1.53. The van der Waals surface area contributed by atoms with Crippen LogP contribution in [0.2, 0.25) is 0 Å². The third-order valence-corrected chi connectivity index (χ3v) is 2.26. The summed E-state index contributed by atoms with van der Waals surface area (Å²) in [7, 11) is 0. The highest BCUT2D eigenvalue weighted by Crippen LogP contribution is 2.10. The van der Waals surface area contributed by atoms with Gasteiger partial charge < -0.3 is 25.5 Å². The van der Waals surface area contributed by atoms with Crippen LogP contribution in [0.15, 0.2) is 12.3 Å². The Balaban J connectivity index is 2.41. The van der Waals surface area contributed by atoms with Crippen molar-refractivity contribution >= 4 is 11.6 Å². The highest BCUT2D eigenvalue weighted by Gasteiger charge is 2.10. The Bertz CT molecular complexity index is 363. The Kier molecular flexibility index (Phi) is 5.51. The number of hydrogen-bond acceptors (Lipinski definition) is 4. The molecule has 0 unspecified atom stereocenters. The lowest BCUT2D eigenvalue weighted by Crippen LogP contribution is -2.29. The summed E-state index contributed by atoms with van der Waals surface area (Å²) in [6, 6.07) is 1.65. The van der Waals surface area contributed by atoms with E-state index in [4.69, 9.17) is 15.6 Å². The van der Waals surface area contributed by atoms with Crippen LogP contribution in [-0.2, 0) is 11.3 Å². The molecule has 0 aliphatic heterocycles. The molecule has 0 saturated heterocycles. The predicted octanol–water partition coefficient (Wildman–Crippen LogP) is -0.171. The summed E-state index contributed by atoms with van der Waals surface area (Å²) in [5.41, 5.74) is 6.76. The van der Waals surface area contributed by atoms with Crippen molar-refractivity contribution in [1.29, 1.82) is 0 Å². The number of nitrogens with zero attached hydrogens (tertiary/aromatic N) is 1. The van der Waals surface area contributed by atoms with Gasteiger partial charge in [-0.05, 0) is 13.0 Å². The second-order valence-electron chi connectivity index (χ2n) is 3.54. The third kappa shape index (κ3) is 4.08. The van der Waals surface area contributed by atoms with Crippen molar-refractivity contribution in [2.45, 2.75) is 13.5 Å². The first-order chi connectivity index (χ1) is 8.19. The Labute approximate surface area is 100 Å². The monoisotopic (exact) mass is 241 g/mol. The minimum Gasteiger partial charge on any atom is -0.397 e. The maximum atomic E-state index is 11.8. The second-order valence-corrected chi connectivity index (χ2v) is 3.54. The predicted molar refractivity (Wildman–Crippen MR) is 64.8 cm³/mol. The topological polar surface area (TPSA) is 89.5 Å². The molecule has 0 bridgehead atoms. The normalized spacial score (nSPS) is 10.5. The van der Waals surface area contributed by atoms with Crippen LogP contribution in [0.3, 0.4) is 0 Å². The molecular formula is C11H19N3O3. The first-order valence-electron chi connectivity index (χ1n) is 5.61. The molecule has 0 saturated carbocycles. The van der Waals surface area contributed by atoms with Gasteiger partial charge in [0.1, 0.15) is 5.69 Å². The molecule has 4 N–H and O–H groups in total. The van der Waals surface area contributed by atoms with E-state index in [9.17, 15) is 4.79 Å². The minimum atomic E-state index is -0.170. The van der Waals surface area contributed by atoms with Crippen molar-refractivity contribution < 1.29 is 14.6 Å². The smallest absolute Gasteiger partial charge is 0.268 e. The van der Waals surface area contributed by atoms with Crippen LogP contribution in [0.25, 0.3) is 0 Å². The van der Waals surface area contributed by atoms with Gasteiger partial charge in [-0.3, -0.25) is 4.79 Å². The number of anilines is 1. The molecule has 0 aliphatic rings. The van der Waals surface area contributed by atoms with Gasteiger partial charge in [-0.1, -0.05) is 0 Å². The van der Waals surface area contributed by atoms with E-state index < -0.39 is 0 Å². The molecule has 6 heteroatoms. The summed E-state index contributed by atoms with van der Waals surface area (Å²) in [6.45, 7) is 3.71. The van der Waals surface area contributed by atoms with Crippen LogP contribution in [0.4, 0.5) is 5.69 Å². The number of aliphatic hydroxyl groups is 1. The quantitative estimate of drug-likeness (QED) is 0.578. The SMILES string of the molecule is CCn1cc(N)cc1C(=O)NCCOCCO. The first-order valence-corrected chi connectivity index (χ1v) is 5.61. The average Bonchev–Trinajstić information content (AvgIpc) is 2.70. The Morgan fingerprint density at radius 2 is 2.35 bits per heavy atom. The summed E-state index contributed by atoms with van der Waals surface area (Å²) in [5.74, 6) is -0.170. The molecule has 6 nitrogen and oxygen atoms in total. The van der Waals surface area contributed by atoms with Crippen molar-refractivity contribution in [1.82, 2.24) is 9.88 Å². The Morgan fingerprint density at radius 1 is 1.59 bits per heavy atom. The molecule has 0 fully saturated rings. The van der Waals surface area contributed by atoms with Crippen molar-refractivity contribution in [3.63, 3.8) is 0 Å². The molecule has 17 heavy (non-hydrogen) atoms. The number of nitrogens with one attached hydrogen (secondary N) is 1. The van der Waals surface area contributed by atoms with Crippen molar-refractivity contribution in [3.8, 4) is 0 Å². The maximum Gasteiger partial charge on any atom is 0.268 e. The van der Waals surface area contributed by atoms with E-state index >= 15 is 0 Å². The summed E-state index contributed by atoms with van der Waals surface area (Å²) in [5, 5.41) is 11.2. The van der Waals surface area contributed by atoms with Crippen LogP contribution in [-0.4, -0.2) is 41.9 Å². The molecule has 96 valence electrons. The number of carbonyl (C=O) groups is 1. The summed E-state index contributed by atoms with van der Waals surface area (Å²) in [4.78, 5) is 11.8. The number of ether oxygens (including phenoxy) is 1. The molecule has 1 aromatic heterocycles. The number of aromatic nitrogens is 1. The average molecular weight is 241 g/mol. The van der Waals surface area contributed by atoms with E-state index in [0.717, 1.165) is 0 Å². The van der Waals surface area contributed by atoms with Gasteiger partial charge in [-0.2, -0.15) is 0 Å². The van der Waals surface area contributed by atoms with E-state index in [1.54, 1.807) is 16.8 Å². The number of hydrogen-bond donors (Lipinski definition) is 3. The van der Waals surface area contributed by atoms with Crippen LogP contribution in [0.1, 0.15) is 17.4 Å². The van der Waals surface area contributed by atoms with Gasteiger partial charge in [0.15, 0.2) is 0 Å². The van der Waals surface area contributed by atoms with E-state index in [0.29, 0.717) is 31.1 Å². The van der Waals surface area contributed by atoms with Gasteiger partial charge in [-0.15, -0.1) is 0 Å². The number of carbonyl (C=O) groups excluding carboxylic acids is 1. The van der Waals surface area contributed by atoms with Gasteiger partial charge in [-0.25, -0.2) is 0 Å². The third-order valence-electron chi connectivity index (χ3n) is 2.26. The molecule has 0 radical (unpaired) electrons. The highest BCUT2D eigenvalue weighted by molar-refractivity contribution is 5.93. The summed E-state index contributed by atoms with van der Waals surface area (Å²) >= 11 is 0. The highest BCUT2D eigenvalue weighted by atomic mass is 16.5. The van der Waals surface area contributed by atoms with Gasteiger partial charge >= 0.3 is 0 Å². The zero-order valence-electron chi connectivity index (χ0n) is 9.98. The van der Waals surface area contributed by atoms with Crippen molar-refractivity contribution in [2.24, 2.45) is 0 Å². The molecule has 0 atom stereocenters. The fourth-order valence-corrected chi connectivity index (χ4v) is 1.48. The van der Waals surface area contributed by atoms with Crippen LogP contribution < -0.4 is 11.1 Å². The van der Waals surface area contributed by atoms with Gasteiger partial charge in [0.2, 0.25) is 0 Å². The van der Waals surface area contributed by atoms with E-state index in [1.807, 2.05) is 6.92 Å². The Morgan fingerprint density at radius 3 is 3.00 bits per heavy atom. The fourth-order valence-electron chi connectivity index (χ4n) is 1.48. The second kappa shape index (κ2) is 6.93. The number of amides is 1. The van der Waals surface area contributed by atoms with E-state index in [1.165, 1.54) is 0 Å². The van der Waals surface area contributed by atoms with Crippen molar-refractivity contribution in [2.75, 3.05) is 32.1 Å². The lowest BCUT2D eigenvalue weighted by molar-refractivity contribution is 0.0832. The fraction of sp³-hybridized carbons (Fsp3) is 0.545. The molecule has 1 heterocycles. The molecule has 0 aliphatic carbocycles. The van der Waals surface area contributed by atoms with Gasteiger partial charge in [0.05, 0.1) is 25.5 Å².